The molecule has 0 bridgehead atoms. The first kappa shape index (κ1) is 27.9. The summed E-state index contributed by atoms with van der Waals surface area (Å²) in [5.41, 5.74) is 1.86. The van der Waals surface area contributed by atoms with Crippen molar-refractivity contribution < 1.29 is 18.8 Å². The molecule has 36 heavy (non-hydrogen) atoms. The van der Waals surface area contributed by atoms with Gasteiger partial charge in [-0.3, -0.25) is 9.78 Å². The fourth-order valence-electron chi connectivity index (χ4n) is 6.25. The molecule has 1 amide bonds. The lowest BCUT2D eigenvalue weighted by molar-refractivity contribution is -0.150. The number of amides is 1. The highest BCUT2D eigenvalue weighted by atomic mass is 28.4. The van der Waals surface area contributed by atoms with Crippen LogP contribution in [0.4, 0.5) is 0 Å². The summed E-state index contributed by atoms with van der Waals surface area (Å²) in [5, 5.41) is 2.98. The second kappa shape index (κ2) is 11.6. The number of pyridine rings is 1. The minimum absolute atomic E-state index is 0.123. The van der Waals surface area contributed by atoms with E-state index >= 15 is 0 Å². The third kappa shape index (κ3) is 5.66. The lowest BCUT2D eigenvalue weighted by Gasteiger charge is -2.42. The Bertz CT molecular complexity index is 1000. The number of ether oxygens (including phenoxy) is 1. The molecule has 2 atom stereocenters. The van der Waals surface area contributed by atoms with Gasteiger partial charge in [0.25, 0.3) is 14.2 Å². The molecule has 2 aromatic rings. The van der Waals surface area contributed by atoms with Crippen molar-refractivity contribution in [3.05, 3.63) is 59.9 Å². The average Bonchev–Trinajstić information content (AvgIpc) is 2.87. The Kier molecular flexibility index (Phi) is 8.98. The molecule has 0 saturated heterocycles. The van der Waals surface area contributed by atoms with Crippen LogP contribution in [0.15, 0.2) is 48.7 Å². The van der Waals surface area contributed by atoms with E-state index in [9.17, 15) is 9.59 Å². The number of esters is 1. The van der Waals surface area contributed by atoms with E-state index in [1.54, 1.807) is 24.4 Å². The summed E-state index contributed by atoms with van der Waals surface area (Å²) in [6.07, 6.45) is 4.36. The first-order valence-electron chi connectivity index (χ1n) is 13.2. The summed E-state index contributed by atoms with van der Waals surface area (Å²) in [4.78, 5) is 30.0. The van der Waals surface area contributed by atoms with Crippen molar-refractivity contribution in [2.45, 2.75) is 95.3 Å². The zero-order chi connectivity index (χ0) is 26.5. The van der Waals surface area contributed by atoms with Gasteiger partial charge in [0.05, 0.1) is 7.11 Å². The molecule has 0 spiro atoms. The zero-order valence-electron chi connectivity index (χ0n) is 22.8. The minimum atomic E-state index is -2.03. The van der Waals surface area contributed by atoms with Gasteiger partial charge in [0.15, 0.2) is 0 Å². The number of rotatable bonds is 9. The number of carbonyl (C=O) groups is 2. The molecule has 3 rings (SSSR count). The molecule has 2 unspecified atom stereocenters. The molecule has 1 N–H and O–H groups in total. The maximum absolute atomic E-state index is 13.0. The number of methoxy groups -OCH3 is 1. The topological polar surface area (TPSA) is 77.5 Å². The molecule has 1 heterocycles. The molecule has 1 aromatic heterocycles. The van der Waals surface area contributed by atoms with Crippen LogP contribution in [0.3, 0.4) is 0 Å². The Hall–Kier alpha value is -2.67. The highest BCUT2D eigenvalue weighted by Crippen LogP contribution is 2.44. The number of hydrogen-bond acceptors (Lipinski definition) is 5. The number of nitrogens with zero attached hydrogens (tertiary/aromatic N) is 1. The van der Waals surface area contributed by atoms with Gasteiger partial charge in [0, 0.05) is 6.20 Å². The van der Waals surface area contributed by atoms with Crippen LogP contribution in [0.2, 0.25) is 16.6 Å². The predicted molar refractivity (Wildman–Crippen MR) is 146 cm³/mol. The Morgan fingerprint density at radius 1 is 1.00 bits per heavy atom. The first-order valence-corrected chi connectivity index (χ1v) is 15.3. The number of carbonyl (C=O) groups excluding carboxylic acids is 2. The monoisotopic (exact) mass is 510 g/mol. The molecular weight excluding hydrogens is 468 g/mol. The van der Waals surface area contributed by atoms with Crippen LogP contribution in [0.1, 0.15) is 89.2 Å². The van der Waals surface area contributed by atoms with E-state index in [0.717, 1.165) is 24.2 Å². The van der Waals surface area contributed by atoms with Crippen molar-refractivity contribution in [2.75, 3.05) is 7.11 Å². The lowest BCUT2D eigenvalue weighted by atomic mass is 9.73. The van der Waals surface area contributed by atoms with Crippen LogP contribution in [0, 0.1) is 0 Å². The van der Waals surface area contributed by atoms with Crippen LogP contribution in [0.5, 0.6) is 5.75 Å². The van der Waals surface area contributed by atoms with Crippen LogP contribution in [-0.4, -0.2) is 37.8 Å². The van der Waals surface area contributed by atoms with Gasteiger partial charge in [0.1, 0.15) is 17.0 Å². The van der Waals surface area contributed by atoms with Gasteiger partial charge < -0.3 is 14.5 Å². The fraction of sp³-hybridized carbons (Fsp3) is 0.552. The quantitative estimate of drug-likeness (QED) is 0.302. The van der Waals surface area contributed by atoms with Gasteiger partial charge in [-0.25, -0.2) is 4.79 Å². The number of nitrogens with one attached hydrogen (secondary N) is 1. The smallest absolute Gasteiger partial charge is 0.331 e. The van der Waals surface area contributed by atoms with E-state index in [4.69, 9.17) is 9.16 Å². The van der Waals surface area contributed by atoms with Crippen LogP contribution in [-0.2, 0) is 9.53 Å². The maximum Gasteiger partial charge on any atom is 0.331 e. The average molecular weight is 511 g/mol. The van der Waals surface area contributed by atoms with E-state index in [2.05, 4.69) is 76.1 Å². The van der Waals surface area contributed by atoms with E-state index in [1.807, 2.05) is 0 Å². The van der Waals surface area contributed by atoms with Crippen LogP contribution < -0.4 is 9.74 Å². The normalized spacial score (nSPS) is 20.4. The van der Waals surface area contributed by atoms with Gasteiger partial charge in [0.2, 0.25) is 0 Å². The van der Waals surface area contributed by atoms with Crippen LogP contribution >= 0.6 is 0 Å². The Morgan fingerprint density at radius 3 is 2.17 bits per heavy atom. The Balaban J connectivity index is 1.82. The summed E-state index contributed by atoms with van der Waals surface area (Å²) < 4.78 is 12.0. The fourth-order valence-corrected chi connectivity index (χ4v) is 11.5. The number of aromatic nitrogens is 1. The molecule has 196 valence electrons. The molecule has 7 heteroatoms. The van der Waals surface area contributed by atoms with Crippen molar-refractivity contribution in [3.63, 3.8) is 0 Å². The zero-order valence-corrected chi connectivity index (χ0v) is 23.8. The third-order valence-corrected chi connectivity index (χ3v) is 13.9. The summed E-state index contributed by atoms with van der Waals surface area (Å²) in [6.45, 7) is 13.7. The summed E-state index contributed by atoms with van der Waals surface area (Å²) in [6, 6.07) is 13.6. The number of hydrogen-bond donors (Lipinski definition) is 1. The highest BCUT2D eigenvalue weighted by Gasteiger charge is 2.47. The summed E-state index contributed by atoms with van der Waals surface area (Å²) >= 11 is 0. The summed E-state index contributed by atoms with van der Waals surface area (Å²) in [7, 11) is -0.657. The van der Waals surface area contributed by atoms with Crippen LogP contribution in [0.25, 0.3) is 0 Å². The number of benzene rings is 1. The van der Waals surface area contributed by atoms with Crippen molar-refractivity contribution in [2.24, 2.45) is 0 Å². The molecular formula is C29H42N2O4Si. The van der Waals surface area contributed by atoms with Gasteiger partial charge in [-0.05, 0) is 78.1 Å². The lowest BCUT2D eigenvalue weighted by Crippen LogP contribution is -2.57. The first-order chi connectivity index (χ1) is 17.1. The van der Waals surface area contributed by atoms with Gasteiger partial charge in [-0.1, -0.05) is 59.7 Å². The van der Waals surface area contributed by atoms with E-state index in [1.165, 1.54) is 7.11 Å². The summed E-state index contributed by atoms with van der Waals surface area (Å²) in [5.74, 6) is 0.277. The van der Waals surface area contributed by atoms with Gasteiger partial charge in [-0.15, -0.1) is 0 Å². The molecule has 1 saturated carbocycles. The molecule has 1 fully saturated rings. The van der Waals surface area contributed by atoms with Crippen molar-refractivity contribution in [3.8, 4) is 5.75 Å². The molecule has 0 radical (unpaired) electrons. The standard InChI is InChI=1S/C29H42N2O4Si/c1-20(2)36(21(3)4,22(5)6)35-25-15-13-23(14-16-25)24-11-10-17-29(19-24,28(33)34-7)31-27(32)26-12-8-9-18-30-26/h8-9,12-16,18,20-22,24H,10-11,17,19H2,1-7H3,(H,31,32). The molecule has 6 nitrogen and oxygen atoms in total. The minimum Gasteiger partial charge on any atom is -0.543 e. The largest absolute Gasteiger partial charge is 0.543 e. The Morgan fingerprint density at radius 2 is 1.64 bits per heavy atom. The molecule has 1 aliphatic carbocycles. The second-order valence-electron chi connectivity index (χ2n) is 11.0. The molecule has 0 aliphatic heterocycles. The predicted octanol–water partition coefficient (Wildman–Crippen LogP) is 6.64. The van der Waals surface area contributed by atoms with Crippen molar-refractivity contribution in [1.82, 2.24) is 10.3 Å². The maximum atomic E-state index is 13.0. The van der Waals surface area contributed by atoms with Gasteiger partial charge >= 0.3 is 5.97 Å². The van der Waals surface area contributed by atoms with Crippen molar-refractivity contribution in [1.29, 1.82) is 0 Å². The van der Waals surface area contributed by atoms with Crippen molar-refractivity contribution >= 4 is 20.2 Å². The SMILES string of the molecule is COC(=O)C1(NC(=O)c2ccccn2)CCCC(c2ccc(O[Si](C(C)C)(C(C)C)C(C)C)cc2)C1. The van der Waals surface area contributed by atoms with E-state index < -0.39 is 19.8 Å². The molecule has 1 aromatic carbocycles. The van der Waals surface area contributed by atoms with Gasteiger partial charge in [-0.2, -0.15) is 0 Å². The van der Waals surface area contributed by atoms with E-state index in [-0.39, 0.29) is 17.5 Å². The third-order valence-electron chi connectivity index (χ3n) is 7.93. The highest BCUT2D eigenvalue weighted by molar-refractivity contribution is 6.78. The van der Waals surface area contributed by atoms with E-state index in [0.29, 0.717) is 29.5 Å². The molecule has 1 aliphatic rings. The second-order valence-corrected chi connectivity index (χ2v) is 16.4. The Labute approximate surface area is 217 Å².